The molecular weight excluding hydrogens is 248 g/mol. The lowest BCUT2D eigenvalue weighted by Crippen LogP contribution is -2.16. The van der Waals surface area contributed by atoms with E-state index in [1.165, 1.54) is 0 Å². The van der Waals surface area contributed by atoms with Crippen LogP contribution in [0.1, 0.15) is 19.0 Å². The lowest BCUT2D eigenvalue weighted by atomic mass is 10.2. The SMILES string of the molecule is CCCS(=O)(=O)Nc1cccc2ccc(C)nc12. The molecule has 0 unspecified atom stereocenters. The zero-order valence-electron chi connectivity index (χ0n) is 10.5. The van der Waals surface area contributed by atoms with Crippen LogP contribution in [0.15, 0.2) is 30.3 Å². The average molecular weight is 264 g/mol. The Morgan fingerprint density at radius 2 is 2.00 bits per heavy atom. The monoisotopic (exact) mass is 264 g/mol. The number of nitrogens with zero attached hydrogens (tertiary/aromatic N) is 1. The molecule has 0 saturated heterocycles. The summed E-state index contributed by atoms with van der Waals surface area (Å²) in [5.41, 5.74) is 2.10. The Kier molecular flexibility index (Phi) is 3.52. The van der Waals surface area contributed by atoms with Crippen LogP contribution in [-0.2, 0) is 10.0 Å². The highest BCUT2D eigenvalue weighted by molar-refractivity contribution is 7.92. The highest BCUT2D eigenvalue weighted by Crippen LogP contribution is 2.22. The summed E-state index contributed by atoms with van der Waals surface area (Å²) in [4.78, 5) is 4.39. The molecule has 1 aromatic carbocycles. The quantitative estimate of drug-likeness (QED) is 0.923. The molecule has 5 heteroatoms. The Morgan fingerprint density at radius 3 is 2.72 bits per heavy atom. The van der Waals surface area contributed by atoms with Crippen molar-refractivity contribution in [3.05, 3.63) is 36.0 Å². The maximum absolute atomic E-state index is 11.8. The average Bonchev–Trinajstić information content (AvgIpc) is 2.29. The van der Waals surface area contributed by atoms with Crippen LogP contribution in [0.3, 0.4) is 0 Å². The number of pyridine rings is 1. The number of benzene rings is 1. The summed E-state index contributed by atoms with van der Waals surface area (Å²) in [5, 5.41) is 0.928. The minimum Gasteiger partial charge on any atom is -0.281 e. The van der Waals surface area contributed by atoms with Crippen LogP contribution in [0.5, 0.6) is 0 Å². The van der Waals surface area contributed by atoms with Crippen LogP contribution < -0.4 is 4.72 Å². The lowest BCUT2D eigenvalue weighted by molar-refractivity contribution is 0.600. The number of hydrogen-bond donors (Lipinski definition) is 1. The molecule has 0 amide bonds. The molecule has 0 aliphatic heterocycles. The van der Waals surface area contributed by atoms with Crippen molar-refractivity contribution in [1.29, 1.82) is 0 Å². The summed E-state index contributed by atoms with van der Waals surface area (Å²) in [7, 11) is -3.28. The van der Waals surface area contributed by atoms with Crippen molar-refractivity contribution >= 4 is 26.6 Å². The van der Waals surface area contributed by atoms with Gasteiger partial charge in [0.25, 0.3) is 0 Å². The smallest absolute Gasteiger partial charge is 0.232 e. The van der Waals surface area contributed by atoms with Crippen LogP contribution in [0.4, 0.5) is 5.69 Å². The van der Waals surface area contributed by atoms with Crippen LogP contribution >= 0.6 is 0 Å². The van der Waals surface area contributed by atoms with Crippen molar-refractivity contribution in [1.82, 2.24) is 4.98 Å². The third-order valence-electron chi connectivity index (χ3n) is 2.60. The summed E-state index contributed by atoms with van der Waals surface area (Å²) in [6, 6.07) is 9.33. The zero-order valence-corrected chi connectivity index (χ0v) is 11.3. The van der Waals surface area contributed by atoms with Crippen LogP contribution in [0, 0.1) is 6.92 Å². The summed E-state index contributed by atoms with van der Waals surface area (Å²) in [6.07, 6.45) is 0.590. The maximum atomic E-state index is 11.8. The second kappa shape index (κ2) is 4.94. The van der Waals surface area contributed by atoms with Crippen molar-refractivity contribution in [2.24, 2.45) is 0 Å². The van der Waals surface area contributed by atoms with E-state index in [0.717, 1.165) is 11.1 Å². The normalized spacial score (nSPS) is 11.7. The minimum atomic E-state index is -3.28. The largest absolute Gasteiger partial charge is 0.281 e. The van der Waals surface area contributed by atoms with Crippen molar-refractivity contribution < 1.29 is 8.42 Å². The van der Waals surface area contributed by atoms with Gasteiger partial charge in [-0.1, -0.05) is 25.1 Å². The van der Waals surface area contributed by atoms with Gasteiger partial charge in [0.15, 0.2) is 0 Å². The Labute approximate surface area is 107 Å². The van der Waals surface area contributed by atoms with Crippen LogP contribution in [0.25, 0.3) is 10.9 Å². The lowest BCUT2D eigenvalue weighted by Gasteiger charge is -2.09. The fraction of sp³-hybridized carbons (Fsp3) is 0.308. The summed E-state index contributed by atoms with van der Waals surface area (Å²) in [5.74, 6) is 0.120. The molecule has 2 aromatic rings. The molecule has 1 heterocycles. The molecule has 0 radical (unpaired) electrons. The first-order valence-electron chi connectivity index (χ1n) is 5.89. The number of hydrogen-bond acceptors (Lipinski definition) is 3. The Hall–Kier alpha value is -1.62. The van der Waals surface area contributed by atoms with E-state index >= 15 is 0 Å². The zero-order chi connectivity index (χ0) is 13.2. The highest BCUT2D eigenvalue weighted by Gasteiger charge is 2.11. The van der Waals surface area contributed by atoms with Gasteiger partial charge in [-0.05, 0) is 25.5 Å². The summed E-state index contributed by atoms with van der Waals surface area (Å²) < 4.78 is 26.2. The first-order chi connectivity index (χ1) is 8.52. The van der Waals surface area contributed by atoms with E-state index in [2.05, 4.69) is 9.71 Å². The molecular formula is C13H16N2O2S. The Morgan fingerprint density at radius 1 is 1.22 bits per heavy atom. The van der Waals surface area contributed by atoms with Crippen molar-refractivity contribution in [2.75, 3.05) is 10.5 Å². The van der Waals surface area contributed by atoms with E-state index in [1.807, 2.05) is 38.1 Å². The molecule has 1 aromatic heterocycles. The number of aryl methyl sites for hydroxylation is 1. The highest BCUT2D eigenvalue weighted by atomic mass is 32.2. The van der Waals surface area contributed by atoms with Gasteiger partial charge in [-0.3, -0.25) is 9.71 Å². The van der Waals surface area contributed by atoms with Crippen LogP contribution in [-0.4, -0.2) is 19.2 Å². The Bertz CT molecular complexity index is 666. The molecule has 0 atom stereocenters. The second-order valence-corrected chi connectivity index (χ2v) is 6.09. The number of nitrogens with one attached hydrogen (secondary N) is 1. The molecule has 0 aliphatic carbocycles. The number of para-hydroxylation sites is 1. The molecule has 0 fully saturated rings. The fourth-order valence-electron chi connectivity index (χ4n) is 1.81. The number of fused-ring (bicyclic) bond motifs is 1. The van der Waals surface area contributed by atoms with E-state index in [4.69, 9.17) is 0 Å². The first-order valence-corrected chi connectivity index (χ1v) is 7.54. The summed E-state index contributed by atoms with van der Waals surface area (Å²) in [6.45, 7) is 3.72. The van der Waals surface area contributed by atoms with Gasteiger partial charge in [0.05, 0.1) is 17.0 Å². The third-order valence-corrected chi connectivity index (χ3v) is 4.07. The van der Waals surface area contributed by atoms with Gasteiger partial charge >= 0.3 is 0 Å². The van der Waals surface area contributed by atoms with Crippen molar-refractivity contribution in [2.45, 2.75) is 20.3 Å². The van der Waals surface area contributed by atoms with E-state index in [-0.39, 0.29) is 5.75 Å². The van der Waals surface area contributed by atoms with Gasteiger partial charge in [0, 0.05) is 11.1 Å². The second-order valence-electron chi connectivity index (χ2n) is 4.25. The summed E-state index contributed by atoms with van der Waals surface area (Å²) >= 11 is 0. The molecule has 18 heavy (non-hydrogen) atoms. The molecule has 4 nitrogen and oxygen atoms in total. The minimum absolute atomic E-state index is 0.120. The van der Waals surface area contributed by atoms with Gasteiger partial charge in [-0.15, -0.1) is 0 Å². The van der Waals surface area contributed by atoms with Gasteiger partial charge in [-0.2, -0.15) is 0 Å². The maximum Gasteiger partial charge on any atom is 0.232 e. The number of rotatable bonds is 4. The van der Waals surface area contributed by atoms with Crippen molar-refractivity contribution in [3.8, 4) is 0 Å². The predicted molar refractivity (Wildman–Crippen MR) is 74.2 cm³/mol. The predicted octanol–water partition coefficient (Wildman–Crippen LogP) is 2.69. The number of sulfonamides is 1. The first kappa shape index (κ1) is 12.8. The van der Waals surface area contributed by atoms with E-state index in [0.29, 0.717) is 17.6 Å². The third kappa shape index (κ3) is 2.79. The van der Waals surface area contributed by atoms with Gasteiger partial charge in [0.2, 0.25) is 10.0 Å². The molecule has 2 rings (SSSR count). The molecule has 1 N–H and O–H groups in total. The van der Waals surface area contributed by atoms with E-state index in [9.17, 15) is 8.42 Å². The van der Waals surface area contributed by atoms with Crippen molar-refractivity contribution in [3.63, 3.8) is 0 Å². The number of anilines is 1. The fourth-order valence-corrected chi connectivity index (χ4v) is 2.95. The van der Waals surface area contributed by atoms with Gasteiger partial charge in [-0.25, -0.2) is 8.42 Å². The molecule has 0 spiro atoms. The van der Waals surface area contributed by atoms with Gasteiger partial charge < -0.3 is 0 Å². The Balaban J connectivity index is 2.48. The van der Waals surface area contributed by atoms with Gasteiger partial charge in [0.1, 0.15) is 0 Å². The van der Waals surface area contributed by atoms with E-state index in [1.54, 1.807) is 6.07 Å². The molecule has 0 aliphatic rings. The number of aromatic nitrogens is 1. The van der Waals surface area contributed by atoms with Crippen LogP contribution in [0.2, 0.25) is 0 Å². The topological polar surface area (TPSA) is 59.1 Å². The molecule has 0 bridgehead atoms. The molecule has 0 saturated carbocycles. The van der Waals surface area contributed by atoms with E-state index < -0.39 is 10.0 Å². The molecule has 96 valence electrons. The standard InChI is InChI=1S/C13H16N2O2S/c1-3-9-18(16,17)15-12-6-4-5-11-8-7-10(2)14-13(11)12/h4-8,15H,3,9H2,1-2H3.